The van der Waals surface area contributed by atoms with E-state index in [4.69, 9.17) is 21.1 Å². The first-order valence-corrected chi connectivity index (χ1v) is 10.1. The van der Waals surface area contributed by atoms with E-state index in [1.807, 2.05) is 0 Å². The molecule has 10 heteroatoms. The maximum Gasteiger partial charge on any atom is 0.289 e. The second kappa shape index (κ2) is 10.1. The molecular weight excluding hydrogens is 426 g/mol. The topological polar surface area (TPSA) is 111 Å². The van der Waals surface area contributed by atoms with Crippen LogP contribution in [0.3, 0.4) is 0 Å². The summed E-state index contributed by atoms with van der Waals surface area (Å²) in [6, 6.07) is 11.2. The number of hydrogen-bond donors (Lipinski definition) is 1. The Balaban J connectivity index is 1.54. The molecule has 3 rings (SSSR count). The summed E-state index contributed by atoms with van der Waals surface area (Å²) in [7, 11) is 1.52. The minimum absolute atomic E-state index is 0.0106. The predicted molar refractivity (Wildman–Crippen MR) is 115 cm³/mol. The fourth-order valence-electron chi connectivity index (χ4n) is 3.03. The smallest absolute Gasteiger partial charge is 0.289 e. The van der Waals surface area contributed by atoms with Crippen molar-refractivity contribution in [2.45, 2.75) is 25.3 Å². The van der Waals surface area contributed by atoms with E-state index in [0.29, 0.717) is 11.5 Å². The third kappa shape index (κ3) is 6.08. The zero-order valence-electron chi connectivity index (χ0n) is 16.9. The van der Waals surface area contributed by atoms with E-state index < -0.39 is 4.92 Å². The molecule has 2 aromatic rings. The van der Waals surface area contributed by atoms with E-state index in [9.17, 15) is 19.7 Å². The number of amides is 2. The highest BCUT2D eigenvalue weighted by atomic mass is 35.5. The minimum atomic E-state index is -0.618. The number of ether oxygens (including phenoxy) is 2. The molecule has 0 aliphatic heterocycles. The Labute approximate surface area is 184 Å². The first-order chi connectivity index (χ1) is 14.9. The third-order valence-corrected chi connectivity index (χ3v) is 5.05. The van der Waals surface area contributed by atoms with Gasteiger partial charge in [0.15, 0.2) is 18.1 Å². The molecule has 1 saturated carbocycles. The van der Waals surface area contributed by atoms with Crippen LogP contribution in [-0.4, -0.2) is 47.9 Å². The van der Waals surface area contributed by atoms with Gasteiger partial charge in [-0.05, 0) is 37.1 Å². The quantitative estimate of drug-likeness (QED) is 0.439. The van der Waals surface area contributed by atoms with Crippen molar-refractivity contribution in [1.29, 1.82) is 0 Å². The number of carbonyl (C=O) groups excluding carboxylic acids is 2. The van der Waals surface area contributed by atoms with Crippen molar-refractivity contribution in [2.75, 3.05) is 25.6 Å². The summed E-state index contributed by atoms with van der Waals surface area (Å²) < 4.78 is 10.8. The maximum atomic E-state index is 12.7. The van der Waals surface area contributed by atoms with Crippen molar-refractivity contribution >= 4 is 34.8 Å². The highest BCUT2D eigenvalue weighted by molar-refractivity contribution is 6.32. The SMILES string of the molecule is COc1ccccc1OCC(=O)N(CCC(=O)Nc1ccc(Cl)c([N+](=O)[O-])c1)C1CC1. The summed E-state index contributed by atoms with van der Waals surface area (Å²) in [5.41, 5.74) is -0.0207. The van der Waals surface area contributed by atoms with E-state index in [1.165, 1.54) is 25.3 Å². The molecule has 2 amide bonds. The molecule has 0 spiro atoms. The summed E-state index contributed by atoms with van der Waals surface area (Å²) in [5, 5.41) is 13.6. The van der Waals surface area contributed by atoms with Gasteiger partial charge in [0.2, 0.25) is 5.91 Å². The van der Waals surface area contributed by atoms with Crippen molar-refractivity contribution in [3.05, 3.63) is 57.6 Å². The monoisotopic (exact) mass is 447 g/mol. The number of nitro benzene ring substituents is 1. The van der Waals surface area contributed by atoms with Crippen LogP contribution in [0.1, 0.15) is 19.3 Å². The highest BCUT2D eigenvalue weighted by Gasteiger charge is 2.33. The Hall–Kier alpha value is -3.33. The van der Waals surface area contributed by atoms with Crippen LogP contribution in [-0.2, 0) is 9.59 Å². The Kier molecular flexibility index (Phi) is 7.30. The maximum absolute atomic E-state index is 12.7. The zero-order valence-corrected chi connectivity index (χ0v) is 17.6. The number of para-hydroxylation sites is 2. The Morgan fingerprint density at radius 3 is 2.58 bits per heavy atom. The second-order valence-corrected chi connectivity index (χ2v) is 7.39. The molecule has 0 radical (unpaired) electrons. The van der Waals surface area contributed by atoms with Gasteiger partial charge in [-0.15, -0.1) is 0 Å². The Morgan fingerprint density at radius 1 is 1.23 bits per heavy atom. The van der Waals surface area contributed by atoms with E-state index in [1.54, 1.807) is 29.2 Å². The molecule has 0 unspecified atom stereocenters. The van der Waals surface area contributed by atoms with Crippen molar-refractivity contribution in [3.63, 3.8) is 0 Å². The summed E-state index contributed by atoms with van der Waals surface area (Å²) in [4.78, 5) is 37.0. The second-order valence-electron chi connectivity index (χ2n) is 6.98. The first-order valence-electron chi connectivity index (χ1n) is 9.68. The van der Waals surface area contributed by atoms with Crippen molar-refractivity contribution in [3.8, 4) is 11.5 Å². The molecule has 1 fully saturated rings. The van der Waals surface area contributed by atoms with Crippen molar-refractivity contribution in [1.82, 2.24) is 4.90 Å². The van der Waals surface area contributed by atoms with Gasteiger partial charge in [-0.1, -0.05) is 23.7 Å². The van der Waals surface area contributed by atoms with Crippen LogP contribution < -0.4 is 14.8 Å². The molecule has 1 aliphatic carbocycles. The van der Waals surface area contributed by atoms with Crippen LogP contribution in [0, 0.1) is 10.1 Å². The van der Waals surface area contributed by atoms with Crippen LogP contribution in [0.4, 0.5) is 11.4 Å². The molecule has 9 nitrogen and oxygen atoms in total. The number of hydrogen-bond acceptors (Lipinski definition) is 6. The number of nitrogens with zero attached hydrogens (tertiary/aromatic N) is 2. The average molecular weight is 448 g/mol. The molecule has 0 heterocycles. The van der Waals surface area contributed by atoms with E-state index >= 15 is 0 Å². The lowest BCUT2D eigenvalue weighted by molar-refractivity contribution is -0.384. The van der Waals surface area contributed by atoms with Crippen LogP contribution in [0.15, 0.2) is 42.5 Å². The summed E-state index contributed by atoms with van der Waals surface area (Å²) in [6.45, 7) is 0.0577. The lowest BCUT2D eigenvalue weighted by Gasteiger charge is -2.22. The lowest BCUT2D eigenvalue weighted by Crippen LogP contribution is -2.38. The standard InChI is InChI=1S/C21H22ClN3O6/c1-30-18-4-2-3-5-19(18)31-13-21(27)24(15-7-8-15)11-10-20(26)23-14-6-9-16(22)17(12-14)25(28)29/h2-6,9,12,15H,7-8,10-11,13H2,1H3,(H,23,26). The summed E-state index contributed by atoms with van der Waals surface area (Å²) in [6.07, 6.45) is 1.81. The lowest BCUT2D eigenvalue weighted by atomic mass is 10.2. The minimum Gasteiger partial charge on any atom is -0.493 e. The van der Waals surface area contributed by atoms with Crippen molar-refractivity contribution < 1.29 is 24.0 Å². The third-order valence-electron chi connectivity index (χ3n) is 4.73. The molecule has 0 atom stereocenters. The number of benzene rings is 2. The van der Waals surface area contributed by atoms with Gasteiger partial charge < -0.3 is 19.7 Å². The Morgan fingerprint density at radius 2 is 1.94 bits per heavy atom. The number of methoxy groups -OCH3 is 1. The fraction of sp³-hybridized carbons (Fsp3) is 0.333. The first kappa shape index (κ1) is 22.4. The van der Waals surface area contributed by atoms with E-state index in [-0.39, 0.29) is 53.8 Å². The van der Waals surface area contributed by atoms with E-state index in [0.717, 1.165) is 12.8 Å². The van der Waals surface area contributed by atoms with Gasteiger partial charge in [-0.3, -0.25) is 19.7 Å². The molecule has 1 N–H and O–H groups in total. The number of carbonyl (C=O) groups is 2. The summed E-state index contributed by atoms with van der Waals surface area (Å²) in [5.74, 6) is 0.421. The molecular formula is C21H22ClN3O6. The van der Waals surface area contributed by atoms with Gasteiger partial charge in [0, 0.05) is 30.8 Å². The molecule has 31 heavy (non-hydrogen) atoms. The van der Waals surface area contributed by atoms with Gasteiger partial charge in [0.05, 0.1) is 12.0 Å². The highest BCUT2D eigenvalue weighted by Crippen LogP contribution is 2.29. The average Bonchev–Trinajstić information content (AvgIpc) is 3.59. The fourth-order valence-corrected chi connectivity index (χ4v) is 3.22. The number of nitrogens with one attached hydrogen (secondary N) is 1. The van der Waals surface area contributed by atoms with Gasteiger partial charge in [-0.2, -0.15) is 0 Å². The zero-order chi connectivity index (χ0) is 22.4. The normalized spacial score (nSPS) is 12.7. The van der Waals surface area contributed by atoms with Crippen LogP contribution in [0.5, 0.6) is 11.5 Å². The van der Waals surface area contributed by atoms with Gasteiger partial charge >= 0.3 is 0 Å². The van der Waals surface area contributed by atoms with Crippen molar-refractivity contribution in [2.24, 2.45) is 0 Å². The van der Waals surface area contributed by atoms with Crippen LogP contribution >= 0.6 is 11.6 Å². The van der Waals surface area contributed by atoms with Gasteiger partial charge in [-0.25, -0.2) is 0 Å². The number of anilines is 1. The molecule has 0 saturated heterocycles. The van der Waals surface area contributed by atoms with Crippen LogP contribution in [0.2, 0.25) is 5.02 Å². The largest absolute Gasteiger partial charge is 0.493 e. The number of rotatable bonds is 10. The predicted octanol–water partition coefficient (Wildman–Crippen LogP) is 3.66. The number of nitro groups is 1. The molecule has 164 valence electrons. The Bertz CT molecular complexity index is 979. The molecule has 2 aromatic carbocycles. The molecule has 0 aromatic heterocycles. The van der Waals surface area contributed by atoms with Crippen LogP contribution in [0.25, 0.3) is 0 Å². The molecule has 1 aliphatic rings. The van der Waals surface area contributed by atoms with Gasteiger partial charge in [0.25, 0.3) is 11.6 Å². The van der Waals surface area contributed by atoms with E-state index in [2.05, 4.69) is 5.32 Å². The molecule has 0 bridgehead atoms. The number of halogens is 1. The van der Waals surface area contributed by atoms with Gasteiger partial charge in [0.1, 0.15) is 5.02 Å². The summed E-state index contributed by atoms with van der Waals surface area (Å²) >= 11 is 5.78.